The molecule has 4 heteroatoms. The Balaban J connectivity index is 1.88. The summed E-state index contributed by atoms with van der Waals surface area (Å²) in [6, 6.07) is 18.6. The molecule has 4 rings (SSSR count). The van der Waals surface area contributed by atoms with Crippen molar-refractivity contribution in [2.75, 3.05) is 5.75 Å². The van der Waals surface area contributed by atoms with Crippen molar-refractivity contribution in [3.8, 4) is 16.9 Å². The molecule has 0 bridgehead atoms. The third-order valence-electron chi connectivity index (χ3n) is 3.70. The van der Waals surface area contributed by atoms with E-state index in [9.17, 15) is 0 Å². The predicted molar refractivity (Wildman–Crippen MR) is 87.1 cm³/mol. The second-order valence-corrected chi connectivity index (χ2v) is 6.51. The smallest absolute Gasteiger partial charge is 0.216 e. The van der Waals surface area contributed by atoms with Crippen molar-refractivity contribution in [2.24, 2.45) is 0 Å². The van der Waals surface area contributed by atoms with E-state index in [0.717, 1.165) is 17.3 Å². The molecule has 0 saturated heterocycles. The fourth-order valence-electron chi connectivity index (χ4n) is 2.70. The Morgan fingerprint density at radius 2 is 1.76 bits per heavy atom. The van der Waals surface area contributed by atoms with Gasteiger partial charge in [-0.2, -0.15) is 4.57 Å². The summed E-state index contributed by atoms with van der Waals surface area (Å²) in [6.07, 6.45) is 2.22. The number of thioether (sulfide) groups is 1. The molecule has 2 nitrogen and oxygen atoms in total. The number of rotatable bonds is 2. The van der Waals surface area contributed by atoms with Crippen LogP contribution >= 0.6 is 23.4 Å². The van der Waals surface area contributed by atoms with E-state index in [0.29, 0.717) is 0 Å². The normalized spacial score (nSPS) is 13.4. The minimum Gasteiger partial charge on any atom is -0.216 e. The lowest BCUT2D eigenvalue weighted by Gasteiger charge is -1.98. The molecule has 0 aliphatic carbocycles. The van der Waals surface area contributed by atoms with Crippen molar-refractivity contribution in [2.45, 2.75) is 11.7 Å². The second-order valence-electron chi connectivity index (χ2n) is 5.01. The molecule has 3 aromatic rings. The molecule has 0 unspecified atom stereocenters. The first-order valence-electron chi connectivity index (χ1n) is 6.92. The first-order valence-corrected chi connectivity index (χ1v) is 8.28. The van der Waals surface area contributed by atoms with Crippen LogP contribution in [0.3, 0.4) is 0 Å². The molecular weight excluding hydrogens is 300 g/mol. The first kappa shape index (κ1) is 13.0. The molecule has 21 heavy (non-hydrogen) atoms. The highest BCUT2D eigenvalue weighted by Gasteiger charge is 2.30. The molecule has 2 heterocycles. The Bertz CT molecular complexity index is 779. The standard InChI is InChI=1S/C17H14ClN2S/c18-14-8-6-13(7-9-14)16-12-20(15-4-2-1-3-5-15)17-19(16)10-11-21-17/h1-9,12H,10-11H2/q+1. The molecule has 0 N–H and O–H groups in total. The Kier molecular flexibility index (Phi) is 3.24. The zero-order chi connectivity index (χ0) is 14.2. The number of aromatic nitrogens is 2. The van der Waals surface area contributed by atoms with Gasteiger partial charge in [-0.1, -0.05) is 29.8 Å². The van der Waals surface area contributed by atoms with E-state index < -0.39 is 0 Å². The molecule has 0 spiro atoms. The van der Waals surface area contributed by atoms with Gasteiger partial charge < -0.3 is 0 Å². The van der Waals surface area contributed by atoms with Crippen LogP contribution in [0.1, 0.15) is 0 Å². The van der Waals surface area contributed by atoms with E-state index in [1.54, 1.807) is 0 Å². The number of imidazole rings is 1. The summed E-state index contributed by atoms with van der Waals surface area (Å²) < 4.78 is 4.67. The van der Waals surface area contributed by atoms with Gasteiger partial charge in [-0.3, -0.25) is 0 Å². The van der Waals surface area contributed by atoms with Crippen LogP contribution in [0.4, 0.5) is 0 Å². The molecule has 0 amide bonds. The summed E-state index contributed by atoms with van der Waals surface area (Å²) in [5.41, 5.74) is 3.66. The largest absolute Gasteiger partial charge is 0.323 e. The van der Waals surface area contributed by atoms with Gasteiger partial charge in [0.2, 0.25) is 0 Å². The van der Waals surface area contributed by atoms with Gasteiger partial charge in [-0.15, -0.1) is 0 Å². The van der Waals surface area contributed by atoms with Crippen LogP contribution in [0.25, 0.3) is 16.9 Å². The molecular formula is C17H14ClN2S+. The van der Waals surface area contributed by atoms with Crippen molar-refractivity contribution >= 4 is 23.4 Å². The average Bonchev–Trinajstić information content (AvgIpc) is 3.11. The van der Waals surface area contributed by atoms with E-state index in [1.165, 1.54) is 22.1 Å². The van der Waals surface area contributed by atoms with Gasteiger partial charge in [0.15, 0.2) is 5.69 Å². The number of para-hydroxylation sites is 1. The molecule has 104 valence electrons. The fraction of sp³-hybridized carbons (Fsp3) is 0.118. The molecule has 1 aliphatic rings. The van der Waals surface area contributed by atoms with Crippen LogP contribution in [0.2, 0.25) is 5.02 Å². The number of hydrogen-bond acceptors (Lipinski definition) is 1. The highest BCUT2D eigenvalue weighted by Crippen LogP contribution is 2.29. The van der Waals surface area contributed by atoms with Gasteiger partial charge in [0.05, 0.1) is 0 Å². The molecule has 0 radical (unpaired) electrons. The second kappa shape index (κ2) is 5.24. The van der Waals surface area contributed by atoms with Crippen LogP contribution in [0, 0.1) is 0 Å². The minimum atomic E-state index is 0.775. The predicted octanol–water partition coefficient (Wildman–Crippen LogP) is 4.19. The van der Waals surface area contributed by atoms with Gasteiger partial charge in [-0.25, -0.2) is 4.57 Å². The van der Waals surface area contributed by atoms with Crippen LogP contribution in [0.15, 0.2) is 66.0 Å². The molecule has 0 saturated carbocycles. The number of hydrogen-bond donors (Lipinski definition) is 0. The Hall–Kier alpha value is -1.71. The third kappa shape index (κ3) is 2.27. The number of fused-ring (bicyclic) bond motifs is 1. The zero-order valence-electron chi connectivity index (χ0n) is 11.4. The minimum absolute atomic E-state index is 0.775. The summed E-state index contributed by atoms with van der Waals surface area (Å²) in [7, 11) is 0. The first-order chi connectivity index (χ1) is 10.3. The summed E-state index contributed by atoms with van der Waals surface area (Å²) in [4.78, 5) is 0. The van der Waals surface area contributed by atoms with Crippen LogP contribution in [0.5, 0.6) is 0 Å². The van der Waals surface area contributed by atoms with Crippen LogP contribution < -0.4 is 4.57 Å². The van der Waals surface area contributed by atoms with E-state index in [-0.39, 0.29) is 0 Å². The summed E-state index contributed by atoms with van der Waals surface area (Å²) >= 11 is 7.91. The van der Waals surface area contributed by atoms with Gasteiger partial charge in [0.25, 0.3) is 0 Å². The SMILES string of the molecule is Clc1ccc(-c2cn(-c3ccccc3)c3[n+]2CCS3)cc1. The summed E-state index contributed by atoms with van der Waals surface area (Å²) in [5, 5.41) is 2.07. The van der Waals surface area contributed by atoms with Crippen molar-refractivity contribution in [1.29, 1.82) is 0 Å². The fourth-order valence-corrected chi connectivity index (χ4v) is 3.92. The van der Waals surface area contributed by atoms with Crippen LogP contribution in [-0.4, -0.2) is 10.3 Å². The lowest BCUT2D eigenvalue weighted by Crippen LogP contribution is -2.33. The highest BCUT2D eigenvalue weighted by molar-refractivity contribution is 7.99. The lowest BCUT2D eigenvalue weighted by molar-refractivity contribution is -0.713. The average molecular weight is 314 g/mol. The van der Waals surface area contributed by atoms with Gasteiger partial charge >= 0.3 is 5.16 Å². The quantitative estimate of drug-likeness (QED) is 0.644. The monoisotopic (exact) mass is 313 g/mol. The third-order valence-corrected chi connectivity index (χ3v) is 5.01. The summed E-state index contributed by atoms with van der Waals surface area (Å²) in [6.45, 7) is 1.05. The number of benzene rings is 2. The Labute approximate surface area is 133 Å². The number of nitrogens with zero attached hydrogens (tertiary/aromatic N) is 2. The van der Waals surface area contributed by atoms with Crippen molar-refractivity contribution in [3.05, 3.63) is 65.8 Å². The van der Waals surface area contributed by atoms with E-state index >= 15 is 0 Å². The van der Waals surface area contributed by atoms with E-state index in [4.69, 9.17) is 11.6 Å². The lowest BCUT2D eigenvalue weighted by atomic mass is 10.1. The maximum atomic E-state index is 6.00. The van der Waals surface area contributed by atoms with E-state index in [1.807, 2.05) is 30.0 Å². The van der Waals surface area contributed by atoms with Gasteiger partial charge in [-0.05, 0) is 48.2 Å². The van der Waals surface area contributed by atoms with Crippen LogP contribution in [-0.2, 0) is 6.54 Å². The molecule has 2 aromatic carbocycles. The Morgan fingerprint density at radius 3 is 2.52 bits per heavy atom. The van der Waals surface area contributed by atoms with Gasteiger partial charge in [0.1, 0.15) is 18.4 Å². The maximum Gasteiger partial charge on any atom is 0.323 e. The van der Waals surface area contributed by atoms with Crippen molar-refractivity contribution in [1.82, 2.24) is 4.57 Å². The maximum absolute atomic E-state index is 6.00. The van der Waals surface area contributed by atoms with Crippen molar-refractivity contribution < 1.29 is 4.57 Å². The van der Waals surface area contributed by atoms with Gasteiger partial charge in [0, 0.05) is 16.3 Å². The summed E-state index contributed by atoms with van der Waals surface area (Å²) in [5.74, 6) is 1.13. The zero-order valence-corrected chi connectivity index (χ0v) is 12.9. The topological polar surface area (TPSA) is 8.81 Å². The molecule has 0 fully saturated rings. The number of halogens is 1. The Morgan fingerprint density at radius 1 is 1.00 bits per heavy atom. The van der Waals surface area contributed by atoms with E-state index in [2.05, 4.69) is 51.7 Å². The molecule has 0 atom stereocenters. The van der Waals surface area contributed by atoms with Crippen molar-refractivity contribution in [3.63, 3.8) is 0 Å². The highest BCUT2D eigenvalue weighted by atomic mass is 35.5. The molecule has 1 aromatic heterocycles. The molecule has 1 aliphatic heterocycles.